The molecule has 0 N–H and O–H groups in total. The van der Waals surface area contributed by atoms with Crippen molar-refractivity contribution in [3.05, 3.63) is 16.8 Å². The second-order valence-corrected chi connectivity index (χ2v) is 3.02. The third-order valence-electron chi connectivity index (χ3n) is 1.41. The van der Waals surface area contributed by atoms with Crippen LogP contribution in [0.3, 0.4) is 0 Å². The molecule has 2 heterocycles. The Kier molecular flexibility index (Phi) is 1.61. The molecule has 1 aromatic heterocycles. The molecule has 1 aromatic rings. The number of ether oxygens (including phenoxy) is 2. The zero-order valence-corrected chi connectivity index (χ0v) is 6.26. The van der Waals surface area contributed by atoms with E-state index in [2.05, 4.69) is 0 Å². The van der Waals surface area contributed by atoms with Gasteiger partial charge >= 0.3 is 0 Å². The lowest BCUT2D eigenvalue weighted by molar-refractivity contribution is -0.0795. The highest BCUT2D eigenvalue weighted by Gasteiger charge is 2.19. The van der Waals surface area contributed by atoms with Crippen molar-refractivity contribution < 1.29 is 9.47 Å². The van der Waals surface area contributed by atoms with Gasteiger partial charge < -0.3 is 9.47 Å². The molecule has 0 bridgehead atoms. The van der Waals surface area contributed by atoms with Gasteiger partial charge in [-0.05, 0) is 11.4 Å². The molecule has 0 spiro atoms. The Bertz CT molecular complexity index is 191. The monoisotopic (exact) mass is 156 g/mol. The lowest BCUT2D eigenvalue weighted by atomic mass is 10.3. The van der Waals surface area contributed by atoms with Crippen LogP contribution in [0.2, 0.25) is 0 Å². The van der Waals surface area contributed by atoms with Crippen LogP contribution in [0.1, 0.15) is 0 Å². The van der Waals surface area contributed by atoms with Gasteiger partial charge in [0.1, 0.15) is 11.9 Å². The van der Waals surface area contributed by atoms with Gasteiger partial charge in [0, 0.05) is 5.38 Å². The van der Waals surface area contributed by atoms with Crippen molar-refractivity contribution in [2.45, 2.75) is 6.10 Å². The molecular formula is C7H8O2S. The molecule has 1 aliphatic rings. The average molecular weight is 156 g/mol. The third kappa shape index (κ3) is 1.15. The van der Waals surface area contributed by atoms with E-state index in [0.717, 1.165) is 19.0 Å². The second kappa shape index (κ2) is 2.60. The summed E-state index contributed by atoms with van der Waals surface area (Å²) >= 11 is 1.65. The fourth-order valence-electron chi connectivity index (χ4n) is 0.794. The lowest BCUT2D eigenvalue weighted by Gasteiger charge is -2.25. The quantitative estimate of drug-likeness (QED) is 0.646. The fraction of sp³-hybridized carbons (Fsp3) is 0.429. The van der Waals surface area contributed by atoms with Crippen LogP contribution in [0.25, 0.3) is 0 Å². The van der Waals surface area contributed by atoms with Gasteiger partial charge in [-0.1, -0.05) is 0 Å². The first kappa shape index (κ1) is 6.19. The first-order chi connectivity index (χ1) is 4.95. The van der Waals surface area contributed by atoms with Crippen LogP contribution in [-0.2, 0) is 4.74 Å². The smallest absolute Gasteiger partial charge is 0.145 e. The van der Waals surface area contributed by atoms with Gasteiger partial charge in [0.15, 0.2) is 0 Å². The summed E-state index contributed by atoms with van der Waals surface area (Å²) in [6, 6.07) is 1.98. The molecule has 1 saturated heterocycles. The van der Waals surface area contributed by atoms with Crippen LogP contribution < -0.4 is 4.74 Å². The fourth-order valence-corrected chi connectivity index (χ4v) is 1.35. The Morgan fingerprint density at radius 3 is 3.00 bits per heavy atom. The summed E-state index contributed by atoms with van der Waals surface area (Å²) in [7, 11) is 0. The molecule has 3 heteroatoms. The summed E-state index contributed by atoms with van der Waals surface area (Å²) < 4.78 is 10.4. The van der Waals surface area contributed by atoms with E-state index in [-0.39, 0.29) is 0 Å². The van der Waals surface area contributed by atoms with Crippen molar-refractivity contribution in [2.75, 3.05) is 13.2 Å². The summed E-state index contributed by atoms with van der Waals surface area (Å²) in [5.41, 5.74) is 0. The van der Waals surface area contributed by atoms with E-state index < -0.39 is 0 Å². The van der Waals surface area contributed by atoms with Crippen LogP contribution in [-0.4, -0.2) is 19.3 Å². The highest BCUT2D eigenvalue weighted by Crippen LogP contribution is 2.18. The zero-order chi connectivity index (χ0) is 6.81. The van der Waals surface area contributed by atoms with Crippen LogP contribution in [0.4, 0.5) is 0 Å². The molecule has 0 radical (unpaired) electrons. The van der Waals surface area contributed by atoms with Crippen LogP contribution in [0, 0.1) is 0 Å². The Balaban J connectivity index is 1.90. The van der Waals surface area contributed by atoms with E-state index in [1.54, 1.807) is 11.3 Å². The zero-order valence-electron chi connectivity index (χ0n) is 5.45. The van der Waals surface area contributed by atoms with E-state index in [0.29, 0.717) is 6.10 Å². The Morgan fingerprint density at radius 1 is 1.60 bits per heavy atom. The largest absolute Gasteiger partial charge is 0.485 e. The molecular weight excluding hydrogens is 148 g/mol. The summed E-state index contributed by atoms with van der Waals surface area (Å²) in [4.78, 5) is 0. The maximum absolute atomic E-state index is 5.48. The topological polar surface area (TPSA) is 18.5 Å². The summed E-state index contributed by atoms with van der Waals surface area (Å²) in [6.45, 7) is 1.49. The summed E-state index contributed by atoms with van der Waals surface area (Å²) in [5, 5.41) is 4.01. The van der Waals surface area contributed by atoms with Gasteiger partial charge in [-0.25, -0.2) is 0 Å². The first-order valence-corrected chi connectivity index (χ1v) is 4.16. The predicted molar refractivity (Wildman–Crippen MR) is 39.6 cm³/mol. The van der Waals surface area contributed by atoms with Crippen molar-refractivity contribution in [1.82, 2.24) is 0 Å². The Labute approximate surface area is 63.4 Å². The Hall–Kier alpha value is -0.540. The normalized spacial score (nSPS) is 18.4. The summed E-state index contributed by atoms with van der Waals surface area (Å²) in [5.74, 6) is 0.971. The molecule has 2 rings (SSSR count). The predicted octanol–water partition coefficient (Wildman–Crippen LogP) is 1.53. The van der Waals surface area contributed by atoms with Crippen LogP contribution >= 0.6 is 11.3 Å². The number of rotatable bonds is 2. The van der Waals surface area contributed by atoms with Crippen LogP contribution in [0.15, 0.2) is 16.8 Å². The highest BCUT2D eigenvalue weighted by molar-refractivity contribution is 7.08. The van der Waals surface area contributed by atoms with Gasteiger partial charge in [0.25, 0.3) is 0 Å². The van der Waals surface area contributed by atoms with E-state index in [4.69, 9.17) is 9.47 Å². The van der Waals surface area contributed by atoms with Gasteiger partial charge in [0.2, 0.25) is 0 Å². The minimum absolute atomic E-state index is 0.301. The second-order valence-electron chi connectivity index (χ2n) is 2.24. The molecule has 0 aromatic carbocycles. The average Bonchev–Trinajstić information content (AvgIpc) is 2.29. The highest BCUT2D eigenvalue weighted by atomic mass is 32.1. The molecule has 0 saturated carbocycles. The number of hydrogen-bond donors (Lipinski definition) is 0. The van der Waals surface area contributed by atoms with E-state index in [1.165, 1.54) is 0 Å². The maximum atomic E-state index is 5.48. The molecule has 1 fully saturated rings. The first-order valence-electron chi connectivity index (χ1n) is 3.22. The molecule has 0 atom stereocenters. The Morgan fingerprint density at radius 2 is 2.50 bits per heavy atom. The number of hydrogen-bond acceptors (Lipinski definition) is 3. The summed E-state index contributed by atoms with van der Waals surface area (Å²) in [6.07, 6.45) is 0.301. The molecule has 2 nitrogen and oxygen atoms in total. The molecule has 1 aliphatic heterocycles. The van der Waals surface area contributed by atoms with Crippen molar-refractivity contribution in [3.63, 3.8) is 0 Å². The van der Waals surface area contributed by atoms with Gasteiger partial charge in [-0.2, -0.15) is 0 Å². The minimum Gasteiger partial charge on any atom is -0.485 e. The molecule has 0 aliphatic carbocycles. The third-order valence-corrected chi connectivity index (χ3v) is 2.07. The van der Waals surface area contributed by atoms with Crippen molar-refractivity contribution >= 4 is 11.3 Å². The number of thiophene rings is 1. The molecule has 54 valence electrons. The molecule has 10 heavy (non-hydrogen) atoms. The van der Waals surface area contributed by atoms with Gasteiger partial charge in [-0.3, -0.25) is 0 Å². The van der Waals surface area contributed by atoms with Crippen molar-refractivity contribution in [3.8, 4) is 5.75 Å². The SMILES string of the molecule is c1cc(OC2COC2)cs1. The van der Waals surface area contributed by atoms with Crippen LogP contribution in [0.5, 0.6) is 5.75 Å². The minimum atomic E-state index is 0.301. The van der Waals surface area contributed by atoms with Crippen molar-refractivity contribution in [1.29, 1.82) is 0 Å². The van der Waals surface area contributed by atoms with E-state index in [1.807, 2.05) is 16.8 Å². The lowest BCUT2D eigenvalue weighted by Crippen LogP contribution is -2.38. The molecule has 0 unspecified atom stereocenters. The standard InChI is InChI=1S/C7H8O2S/c1-2-10-5-6(1)9-7-3-8-4-7/h1-2,5,7H,3-4H2. The van der Waals surface area contributed by atoms with E-state index in [9.17, 15) is 0 Å². The van der Waals surface area contributed by atoms with Gasteiger partial charge in [0.05, 0.1) is 13.2 Å². The van der Waals surface area contributed by atoms with Gasteiger partial charge in [-0.15, -0.1) is 11.3 Å². The molecule has 0 amide bonds. The maximum Gasteiger partial charge on any atom is 0.145 e. The van der Waals surface area contributed by atoms with Crippen molar-refractivity contribution in [2.24, 2.45) is 0 Å². The van der Waals surface area contributed by atoms with E-state index >= 15 is 0 Å².